The molecular weight excluding hydrogens is 188 g/mol. The van der Waals surface area contributed by atoms with Gasteiger partial charge in [0, 0.05) is 0 Å². The summed E-state index contributed by atoms with van der Waals surface area (Å²) < 4.78 is 41.1. The molecule has 0 radical (unpaired) electrons. The fraction of sp³-hybridized carbons (Fsp3) is 0. The van der Waals surface area contributed by atoms with E-state index in [4.69, 9.17) is 5.11 Å². The molecule has 0 aromatic heterocycles. The molecule has 5 heteroatoms. The standard InChI is InChI=1S/C6H6O.C2F4/c7-6-4-2-1-3-5-6;3-1(4)2(5)6/h1-5,7H;. The van der Waals surface area contributed by atoms with Crippen LogP contribution in [0.5, 0.6) is 5.75 Å². The number of para-hydroxylation sites is 1. The Morgan fingerprint density at radius 2 is 1.23 bits per heavy atom. The molecular formula is C8H6F4O. The minimum Gasteiger partial charge on any atom is -0.508 e. The lowest BCUT2D eigenvalue weighted by molar-refractivity contribution is 0.308. The SMILES string of the molecule is FC(F)=C(F)F.Oc1ccccc1. The Bertz CT molecular complexity index is 253. The Kier molecular flexibility index (Phi) is 5.34. The van der Waals surface area contributed by atoms with Crippen LogP contribution in [0.25, 0.3) is 0 Å². The summed E-state index contributed by atoms with van der Waals surface area (Å²) in [5.41, 5.74) is 0. The van der Waals surface area contributed by atoms with Gasteiger partial charge in [-0.3, -0.25) is 0 Å². The van der Waals surface area contributed by atoms with Crippen LogP contribution < -0.4 is 0 Å². The van der Waals surface area contributed by atoms with Crippen molar-refractivity contribution < 1.29 is 22.7 Å². The Labute approximate surface area is 71.9 Å². The monoisotopic (exact) mass is 194 g/mol. The zero-order valence-electron chi connectivity index (χ0n) is 6.35. The van der Waals surface area contributed by atoms with Crippen LogP contribution in [0.1, 0.15) is 0 Å². The van der Waals surface area contributed by atoms with E-state index in [0.29, 0.717) is 5.75 Å². The highest BCUT2D eigenvalue weighted by atomic mass is 19.3. The summed E-state index contributed by atoms with van der Waals surface area (Å²) in [6.45, 7) is 0. The minimum absolute atomic E-state index is 0.322. The maximum Gasteiger partial charge on any atom is 0.334 e. The van der Waals surface area contributed by atoms with Crippen molar-refractivity contribution in [1.82, 2.24) is 0 Å². The van der Waals surface area contributed by atoms with Gasteiger partial charge in [-0.25, -0.2) is 0 Å². The van der Waals surface area contributed by atoms with Crippen molar-refractivity contribution >= 4 is 0 Å². The number of phenolic OH excluding ortho intramolecular Hbond substituents is 1. The first kappa shape index (κ1) is 11.5. The highest BCUT2D eigenvalue weighted by Gasteiger charge is 1.98. The van der Waals surface area contributed by atoms with Crippen molar-refractivity contribution in [1.29, 1.82) is 0 Å². The average Bonchev–Trinajstić information content (AvgIpc) is 2.06. The van der Waals surface area contributed by atoms with Crippen LogP contribution in [0.15, 0.2) is 42.5 Å². The van der Waals surface area contributed by atoms with Crippen LogP contribution in [-0.4, -0.2) is 5.11 Å². The summed E-state index contributed by atoms with van der Waals surface area (Å²) in [5, 5.41) is 8.63. The fourth-order valence-electron chi connectivity index (χ4n) is 0.428. The Morgan fingerprint density at radius 1 is 0.846 bits per heavy atom. The number of aromatic hydroxyl groups is 1. The largest absolute Gasteiger partial charge is 0.508 e. The molecule has 0 atom stereocenters. The molecule has 1 N–H and O–H groups in total. The first-order chi connectivity index (χ1) is 6.04. The van der Waals surface area contributed by atoms with Crippen molar-refractivity contribution in [3.63, 3.8) is 0 Å². The highest BCUT2D eigenvalue weighted by Crippen LogP contribution is 2.08. The smallest absolute Gasteiger partial charge is 0.334 e. The zero-order chi connectivity index (χ0) is 10.3. The second-order valence-corrected chi connectivity index (χ2v) is 1.86. The summed E-state index contributed by atoms with van der Waals surface area (Å²) in [4.78, 5) is 0. The van der Waals surface area contributed by atoms with Crippen LogP contribution in [-0.2, 0) is 0 Å². The maximum atomic E-state index is 10.3. The molecule has 0 aliphatic heterocycles. The lowest BCUT2D eigenvalue weighted by Gasteiger charge is -1.82. The number of rotatable bonds is 0. The van der Waals surface area contributed by atoms with E-state index in [9.17, 15) is 17.6 Å². The molecule has 0 saturated carbocycles. The van der Waals surface area contributed by atoms with Crippen LogP contribution in [0.2, 0.25) is 0 Å². The van der Waals surface area contributed by atoms with Gasteiger partial charge in [0.2, 0.25) is 0 Å². The molecule has 1 rings (SSSR count). The Morgan fingerprint density at radius 3 is 1.38 bits per heavy atom. The molecule has 1 aromatic carbocycles. The Hall–Kier alpha value is -1.52. The summed E-state index contributed by atoms with van der Waals surface area (Å²) in [5.74, 6) is 0.322. The van der Waals surface area contributed by atoms with E-state index in [1.165, 1.54) is 0 Å². The first-order valence-electron chi connectivity index (χ1n) is 3.14. The molecule has 0 aliphatic carbocycles. The molecule has 0 fully saturated rings. The van der Waals surface area contributed by atoms with Crippen molar-refractivity contribution in [2.75, 3.05) is 0 Å². The van der Waals surface area contributed by atoms with E-state index >= 15 is 0 Å². The number of benzene rings is 1. The number of phenols is 1. The maximum absolute atomic E-state index is 10.3. The van der Waals surface area contributed by atoms with E-state index in [0.717, 1.165) is 0 Å². The van der Waals surface area contributed by atoms with Gasteiger partial charge in [-0.1, -0.05) is 18.2 Å². The van der Waals surface area contributed by atoms with Crippen LogP contribution in [0.3, 0.4) is 0 Å². The molecule has 72 valence electrons. The topological polar surface area (TPSA) is 20.2 Å². The van der Waals surface area contributed by atoms with E-state index < -0.39 is 12.2 Å². The van der Waals surface area contributed by atoms with Gasteiger partial charge < -0.3 is 5.11 Å². The molecule has 13 heavy (non-hydrogen) atoms. The van der Waals surface area contributed by atoms with Gasteiger partial charge in [0.05, 0.1) is 0 Å². The van der Waals surface area contributed by atoms with E-state index in [1.807, 2.05) is 6.07 Å². The number of hydrogen-bond acceptors (Lipinski definition) is 1. The molecule has 0 spiro atoms. The molecule has 0 amide bonds. The lowest BCUT2D eigenvalue weighted by atomic mass is 10.3. The van der Waals surface area contributed by atoms with Gasteiger partial charge in [-0.05, 0) is 12.1 Å². The fourth-order valence-corrected chi connectivity index (χ4v) is 0.428. The third kappa shape index (κ3) is 6.86. The van der Waals surface area contributed by atoms with Gasteiger partial charge in [0.1, 0.15) is 5.75 Å². The van der Waals surface area contributed by atoms with Crippen molar-refractivity contribution in [3.8, 4) is 5.75 Å². The second-order valence-electron chi connectivity index (χ2n) is 1.86. The van der Waals surface area contributed by atoms with Gasteiger partial charge in [0.25, 0.3) is 0 Å². The molecule has 0 unspecified atom stereocenters. The molecule has 0 bridgehead atoms. The number of hydrogen-bond donors (Lipinski definition) is 1. The van der Waals surface area contributed by atoms with E-state index in [2.05, 4.69) is 0 Å². The third-order valence-electron chi connectivity index (χ3n) is 0.899. The quantitative estimate of drug-likeness (QED) is 0.627. The summed E-state index contributed by atoms with van der Waals surface area (Å²) in [6.07, 6.45) is -5.81. The zero-order valence-corrected chi connectivity index (χ0v) is 6.35. The summed E-state index contributed by atoms with van der Waals surface area (Å²) >= 11 is 0. The normalized spacial score (nSPS) is 8.31. The third-order valence-corrected chi connectivity index (χ3v) is 0.899. The predicted octanol–water partition coefficient (Wildman–Crippen LogP) is 3.38. The lowest BCUT2D eigenvalue weighted by Crippen LogP contribution is -1.56. The number of halogens is 4. The van der Waals surface area contributed by atoms with Crippen LogP contribution in [0, 0.1) is 0 Å². The van der Waals surface area contributed by atoms with Gasteiger partial charge in [0.15, 0.2) is 0 Å². The molecule has 1 aromatic rings. The van der Waals surface area contributed by atoms with Gasteiger partial charge >= 0.3 is 12.2 Å². The van der Waals surface area contributed by atoms with Crippen molar-refractivity contribution in [2.24, 2.45) is 0 Å². The molecule has 0 aliphatic rings. The van der Waals surface area contributed by atoms with Crippen molar-refractivity contribution in [3.05, 3.63) is 42.5 Å². The molecule has 1 nitrogen and oxygen atoms in total. The van der Waals surface area contributed by atoms with E-state index in [1.54, 1.807) is 24.3 Å². The van der Waals surface area contributed by atoms with Crippen LogP contribution >= 0.6 is 0 Å². The Balaban J connectivity index is 0.000000226. The summed E-state index contributed by atoms with van der Waals surface area (Å²) in [6, 6.07) is 8.71. The van der Waals surface area contributed by atoms with Gasteiger partial charge in [-0.2, -0.15) is 17.6 Å². The minimum atomic E-state index is -2.91. The van der Waals surface area contributed by atoms with Crippen LogP contribution in [0.4, 0.5) is 17.6 Å². The molecule has 0 heterocycles. The van der Waals surface area contributed by atoms with Crippen molar-refractivity contribution in [2.45, 2.75) is 0 Å². The highest BCUT2D eigenvalue weighted by molar-refractivity contribution is 5.18. The first-order valence-corrected chi connectivity index (χ1v) is 3.14. The van der Waals surface area contributed by atoms with Gasteiger partial charge in [-0.15, -0.1) is 0 Å². The average molecular weight is 194 g/mol. The van der Waals surface area contributed by atoms with E-state index in [-0.39, 0.29) is 0 Å². The summed E-state index contributed by atoms with van der Waals surface area (Å²) in [7, 11) is 0. The second kappa shape index (κ2) is 6.05. The molecule has 0 saturated heterocycles. The predicted molar refractivity (Wildman–Crippen MR) is 39.6 cm³/mol.